The number of carbonyl (C=O) groups is 1. The second kappa shape index (κ2) is 6.52. The number of piperidine rings is 1. The number of aliphatic hydroxyl groups is 1. The third kappa shape index (κ3) is 3.55. The second-order valence-electron chi connectivity index (χ2n) is 4.72. The van der Waals surface area contributed by atoms with Crippen molar-refractivity contribution < 1.29 is 9.90 Å². The molecule has 0 spiro atoms. The van der Waals surface area contributed by atoms with Crippen LogP contribution in [0.3, 0.4) is 0 Å². The fraction of sp³-hybridized carbons (Fsp3) is 0.500. The predicted octanol–water partition coefficient (Wildman–Crippen LogP) is 0.795. The van der Waals surface area contributed by atoms with Crippen LogP contribution in [0.2, 0.25) is 0 Å². The van der Waals surface area contributed by atoms with Gasteiger partial charge in [-0.3, -0.25) is 4.79 Å². The number of benzene rings is 1. The summed E-state index contributed by atoms with van der Waals surface area (Å²) in [5.41, 5.74) is 1.91. The molecule has 1 fully saturated rings. The summed E-state index contributed by atoms with van der Waals surface area (Å²) in [5, 5.41) is 15.3. The molecule has 0 bridgehead atoms. The van der Waals surface area contributed by atoms with E-state index in [1.165, 1.54) is 0 Å². The predicted molar refractivity (Wildman–Crippen MR) is 69.8 cm³/mol. The van der Waals surface area contributed by atoms with Crippen LogP contribution in [0.25, 0.3) is 0 Å². The first kappa shape index (κ1) is 13.1. The number of aliphatic hydroxyl groups excluding tert-OH is 1. The Kier molecular flexibility index (Phi) is 4.73. The van der Waals surface area contributed by atoms with E-state index in [1.54, 1.807) is 0 Å². The van der Waals surface area contributed by atoms with E-state index >= 15 is 0 Å². The van der Waals surface area contributed by atoms with E-state index in [0.717, 1.165) is 37.1 Å². The lowest BCUT2D eigenvalue weighted by atomic mass is 9.97. The molecule has 1 aromatic carbocycles. The highest BCUT2D eigenvalue weighted by Gasteiger charge is 2.20. The summed E-state index contributed by atoms with van der Waals surface area (Å²) in [6.45, 7) is 2.43. The van der Waals surface area contributed by atoms with Crippen molar-refractivity contribution in [3.8, 4) is 0 Å². The van der Waals surface area contributed by atoms with Crippen molar-refractivity contribution in [2.24, 2.45) is 5.92 Å². The SMILES string of the molecule is O=C(NCc1cccc(CO)c1)C1CCNCC1. The van der Waals surface area contributed by atoms with Gasteiger partial charge in [-0.1, -0.05) is 24.3 Å². The summed E-state index contributed by atoms with van der Waals surface area (Å²) in [6.07, 6.45) is 1.84. The van der Waals surface area contributed by atoms with E-state index in [-0.39, 0.29) is 18.4 Å². The van der Waals surface area contributed by atoms with Crippen LogP contribution in [0, 0.1) is 5.92 Å². The quantitative estimate of drug-likeness (QED) is 0.738. The van der Waals surface area contributed by atoms with Crippen molar-refractivity contribution in [2.75, 3.05) is 13.1 Å². The van der Waals surface area contributed by atoms with Crippen molar-refractivity contribution in [3.63, 3.8) is 0 Å². The molecule has 0 saturated carbocycles. The second-order valence-corrected chi connectivity index (χ2v) is 4.72. The zero-order valence-electron chi connectivity index (χ0n) is 10.5. The number of hydrogen-bond acceptors (Lipinski definition) is 3. The van der Waals surface area contributed by atoms with E-state index in [0.29, 0.717) is 6.54 Å². The van der Waals surface area contributed by atoms with Crippen LogP contribution in [0.5, 0.6) is 0 Å². The molecule has 1 aromatic rings. The molecule has 3 N–H and O–H groups in total. The van der Waals surface area contributed by atoms with Gasteiger partial charge in [0.05, 0.1) is 6.61 Å². The van der Waals surface area contributed by atoms with Gasteiger partial charge in [0.2, 0.25) is 5.91 Å². The van der Waals surface area contributed by atoms with Crippen molar-refractivity contribution in [3.05, 3.63) is 35.4 Å². The number of amides is 1. The van der Waals surface area contributed by atoms with Crippen LogP contribution in [-0.4, -0.2) is 24.1 Å². The van der Waals surface area contributed by atoms with Gasteiger partial charge in [-0.25, -0.2) is 0 Å². The summed E-state index contributed by atoms with van der Waals surface area (Å²) >= 11 is 0. The first-order valence-electron chi connectivity index (χ1n) is 6.46. The van der Waals surface area contributed by atoms with E-state index in [1.807, 2.05) is 24.3 Å². The minimum absolute atomic E-state index is 0.0378. The molecule has 1 amide bonds. The Balaban J connectivity index is 1.84. The van der Waals surface area contributed by atoms with Gasteiger partial charge in [0.15, 0.2) is 0 Å². The highest BCUT2D eigenvalue weighted by molar-refractivity contribution is 5.78. The Hall–Kier alpha value is -1.39. The zero-order chi connectivity index (χ0) is 12.8. The summed E-state index contributed by atoms with van der Waals surface area (Å²) in [7, 11) is 0. The number of hydrogen-bond donors (Lipinski definition) is 3. The topological polar surface area (TPSA) is 61.4 Å². The molecule has 4 nitrogen and oxygen atoms in total. The molecule has 18 heavy (non-hydrogen) atoms. The lowest BCUT2D eigenvalue weighted by molar-refractivity contribution is -0.125. The first-order valence-corrected chi connectivity index (χ1v) is 6.46. The first-order chi connectivity index (χ1) is 8.79. The molecule has 1 saturated heterocycles. The standard InChI is InChI=1S/C14H20N2O2/c17-10-12-3-1-2-11(8-12)9-16-14(18)13-4-6-15-7-5-13/h1-3,8,13,15,17H,4-7,9-10H2,(H,16,18). The van der Waals surface area contributed by atoms with Crippen molar-refractivity contribution >= 4 is 5.91 Å². The lowest BCUT2D eigenvalue weighted by Gasteiger charge is -2.21. The Morgan fingerprint density at radius 3 is 2.78 bits per heavy atom. The molecule has 0 aliphatic carbocycles. The van der Waals surface area contributed by atoms with Crippen LogP contribution in [0.15, 0.2) is 24.3 Å². The summed E-state index contributed by atoms with van der Waals surface area (Å²) in [4.78, 5) is 11.9. The number of rotatable bonds is 4. The van der Waals surface area contributed by atoms with Gasteiger partial charge < -0.3 is 15.7 Å². The van der Waals surface area contributed by atoms with Gasteiger partial charge in [-0.15, -0.1) is 0 Å². The average Bonchev–Trinajstić information content (AvgIpc) is 2.46. The molecular formula is C14H20N2O2. The smallest absolute Gasteiger partial charge is 0.223 e. The summed E-state index contributed by atoms with van der Waals surface area (Å²) in [6, 6.07) is 7.65. The molecule has 1 aliphatic heterocycles. The Morgan fingerprint density at radius 2 is 2.06 bits per heavy atom. The molecule has 0 atom stereocenters. The van der Waals surface area contributed by atoms with Crippen LogP contribution in [0.4, 0.5) is 0 Å². The third-order valence-electron chi connectivity index (χ3n) is 3.35. The van der Waals surface area contributed by atoms with E-state index in [9.17, 15) is 4.79 Å². The van der Waals surface area contributed by atoms with Crippen LogP contribution >= 0.6 is 0 Å². The molecule has 0 unspecified atom stereocenters. The van der Waals surface area contributed by atoms with Crippen molar-refractivity contribution in [1.82, 2.24) is 10.6 Å². The number of nitrogens with one attached hydrogen (secondary N) is 2. The maximum atomic E-state index is 11.9. The Morgan fingerprint density at radius 1 is 1.33 bits per heavy atom. The van der Waals surface area contributed by atoms with Crippen LogP contribution in [0.1, 0.15) is 24.0 Å². The largest absolute Gasteiger partial charge is 0.392 e. The van der Waals surface area contributed by atoms with Crippen LogP contribution in [-0.2, 0) is 17.9 Å². The molecule has 1 aliphatic rings. The Labute approximate surface area is 107 Å². The molecule has 0 aromatic heterocycles. The highest BCUT2D eigenvalue weighted by atomic mass is 16.3. The summed E-state index contributed by atoms with van der Waals surface area (Å²) in [5.74, 6) is 0.290. The fourth-order valence-electron chi connectivity index (χ4n) is 2.26. The lowest BCUT2D eigenvalue weighted by Crippen LogP contribution is -2.37. The third-order valence-corrected chi connectivity index (χ3v) is 3.35. The maximum Gasteiger partial charge on any atom is 0.223 e. The molecule has 0 radical (unpaired) electrons. The minimum atomic E-state index is 0.0378. The fourth-order valence-corrected chi connectivity index (χ4v) is 2.26. The zero-order valence-corrected chi connectivity index (χ0v) is 10.5. The Bertz CT molecular complexity index is 401. The van der Waals surface area contributed by atoms with Gasteiger partial charge >= 0.3 is 0 Å². The normalized spacial score (nSPS) is 16.5. The molecule has 4 heteroatoms. The van der Waals surface area contributed by atoms with Crippen molar-refractivity contribution in [2.45, 2.75) is 26.0 Å². The monoisotopic (exact) mass is 248 g/mol. The van der Waals surface area contributed by atoms with Crippen molar-refractivity contribution in [1.29, 1.82) is 0 Å². The maximum absolute atomic E-state index is 11.9. The van der Waals surface area contributed by atoms with Gasteiger partial charge in [0, 0.05) is 12.5 Å². The minimum Gasteiger partial charge on any atom is -0.392 e. The number of carbonyl (C=O) groups excluding carboxylic acids is 1. The summed E-state index contributed by atoms with van der Waals surface area (Å²) < 4.78 is 0. The molecule has 1 heterocycles. The highest BCUT2D eigenvalue weighted by Crippen LogP contribution is 2.12. The van der Waals surface area contributed by atoms with Gasteiger partial charge in [0.1, 0.15) is 0 Å². The van der Waals surface area contributed by atoms with E-state index in [2.05, 4.69) is 10.6 Å². The van der Waals surface area contributed by atoms with E-state index in [4.69, 9.17) is 5.11 Å². The van der Waals surface area contributed by atoms with Gasteiger partial charge in [-0.2, -0.15) is 0 Å². The molecular weight excluding hydrogens is 228 g/mol. The average molecular weight is 248 g/mol. The van der Waals surface area contributed by atoms with E-state index < -0.39 is 0 Å². The van der Waals surface area contributed by atoms with Crippen LogP contribution < -0.4 is 10.6 Å². The van der Waals surface area contributed by atoms with Gasteiger partial charge in [-0.05, 0) is 37.1 Å². The molecule has 98 valence electrons. The molecule has 2 rings (SSSR count). The van der Waals surface area contributed by atoms with Gasteiger partial charge in [0.25, 0.3) is 0 Å².